The van der Waals surface area contributed by atoms with Gasteiger partial charge in [-0.2, -0.15) is 0 Å². The number of carbonyl (C=O) groups excluding carboxylic acids is 1. The molecule has 3 aromatic rings. The summed E-state index contributed by atoms with van der Waals surface area (Å²) in [4.78, 5) is 21.5. The van der Waals surface area contributed by atoms with Gasteiger partial charge in [0.2, 0.25) is 0 Å². The summed E-state index contributed by atoms with van der Waals surface area (Å²) >= 11 is 7.64. The largest absolute Gasteiger partial charge is 0.322 e. The van der Waals surface area contributed by atoms with Crippen molar-refractivity contribution in [2.75, 3.05) is 31.5 Å². The zero-order chi connectivity index (χ0) is 20.2. The number of aryl methyl sites for hydroxylation is 1. The Morgan fingerprint density at radius 1 is 1.14 bits per heavy atom. The highest BCUT2D eigenvalue weighted by atomic mass is 35.5. The molecular formula is C22H23ClN4OS. The van der Waals surface area contributed by atoms with E-state index < -0.39 is 0 Å². The van der Waals surface area contributed by atoms with Crippen LogP contribution in [-0.2, 0) is 6.54 Å². The van der Waals surface area contributed by atoms with Gasteiger partial charge < -0.3 is 10.2 Å². The van der Waals surface area contributed by atoms with Gasteiger partial charge in [-0.3, -0.25) is 4.90 Å². The number of benzene rings is 2. The molecule has 0 bridgehead atoms. The van der Waals surface area contributed by atoms with Gasteiger partial charge in [-0.25, -0.2) is 9.78 Å². The first-order valence-electron chi connectivity index (χ1n) is 9.62. The van der Waals surface area contributed by atoms with Crippen LogP contribution in [0.1, 0.15) is 10.6 Å². The maximum atomic E-state index is 12.5. The summed E-state index contributed by atoms with van der Waals surface area (Å²) in [5.41, 5.74) is 4.04. The number of piperazine rings is 1. The lowest BCUT2D eigenvalue weighted by atomic mass is 10.2. The second-order valence-corrected chi connectivity index (χ2v) is 8.58. The third kappa shape index (κ3) is 5.15. The van der Waals surface area contributed by atoms with Gasteiger partial charge in [0.05, 0.1) is 12.2 Å². The Kier molecular flexibility index (Phi) is 6.13. The Morgan fingerprint density at radius 3 is 2.62 bits per heavy atom. The SMILES string of the molecule is Cc1cccc(NC(=O)N2CCN(Cc3nc(-c4ccc(Cl)cc4)cs3)CC2)c1. The number of halogens is 1. The Labute approximate surface area is 179 Å². The van der Waals surface area contributed by atoms with Gasteiger partial charge in [0.1, 0.15) is 5.01 Å². The molecule has 2 aromatic carbocycles. The van der Waals surface area contributed by atoms with Gasteiger partial charge in [0, 0.05) is 47.8 Å². The molecule has 4 rings (SSSR count). The maximum Gasteiger partial charge on any atom is 0.321 e. The Hall–Kier alpha value is -2.41. The summed E-state index contributed by atoms with van der Waals surface area (Å²) in [5.74, 6) is 0. The van der Waals surface area contributed by atoms with Crippen LogP contribution in [0.25, 0.3) is 11.3 Å². The topological polar surface area (TPSA) is 48.5 Å². The van der Waals surface area contributed by atoms with Crippen molar-refractivity contribution in [3.63, 3.8) is 0 Å². The van der Waals surface area contributed by atoms with Crippen LogP contribution in [0, 0.1) is 6.92 Å². The van der Waals surface area contributed by atoms with E-state index in [1.807, 2.05) is 60.4 Å². The molecule has 1 fully saturated rings. The Morgan fingerprint density at radius 2 is 1.90 bits per heavy atom. The molecule has 2 heterocycles. The minimum atomic E-state index is -0.0328. The number of urea groups is 1. The normalized spacial score (nSPS) is 14.8. The quantitative estimate of drug-likeness (QED) is 0.629. The molecule has 0 unspecified atom stereocenters. The number of hydrogen-bond acceptors (Lipinski definition) is 4. The Balaban J connectivity index is 1.29. The molecule has 0 aliphatic carbocycles. The number of aromatic nitrogens is 1. The van der Waals surface area contributed by atoms with Crippen LogP contribution in [0.5, 0.6) is 0 Å². The average molecular weight is 427 g/mol. The maximum absolute atomic E-state index is 12.5. The monoisotopic (exact) mass is 426 g/mol. The standard InChI is InChI=1S/C22H23ClN4OS/c1-16-3-2-4-19(13-16)24-22(28)27-11-9-26(10-12-27)14-21-25-20(15-29-21)17-5-7-18(23)8-6-17/h2-8,13,15H,9-12,14H2,1H3,(H,24,28). The number of hydrogen-bond donors (Lipinski definition) is 1. The summed E-state index contributed by atoms with van der Waals surface area (Å²) in [6.07, 6.45) is 0. The van der Waals surface area contributed by atoms with Crippen molar-refractivity contribution >= 4 is 34.7 Å². The van der Waals surface area contributed by atoms with E-state index in [1.165, 1.54) is 0 Å². The zero-order valence-electron chi connectivity index (χ0n) is 16.3. The van der Waals surface area contributed by atoms with Gasteiger partial charge in [0.15, 0.2) is 0 Å². The highest BCUT2D eigenvalue weighted by Crippen LogP contribution is 2.24. The molecule has 5 nitrogen and oxygen atoms in total. The van der Waals surface area contributed by atoms with Crippen molar-refractivity contribution in [3.05, 3.63) is 69.5 Å². The van der Waals surface area contributed by atoms with E-state index >= 15 is 0 Å². The number of amides is 2. The second kappa shape index (κ2) is 8.95. The number of carbonyl (C=O) groups is 1. The molecule has 1 aliphatic rings. The van der Waals surface area contributed by atoms with Crippen molar-refractivity contribution in [1.29, 1.82) is 0 Å². The van der Waals surface area contributed by atoms with Crippen LogP contribution < -0.4 is 5.32 Å². The summed E-state index contributed by atoms with van der Waals surface area (Å²) in [6, 6.07) is 15.6. The summed E-state index contributed by atoms with van der Waals surface area (Å²) in [5, 5.41) is 6.90. The average Bonchev–Trinajstić information content (AvgIpc) is 3.17. The van der Waals surface area contributed by atoms with E-state index in [4.69, 9.17) is 16.6 Å². The number of rotatable bonds is 4. The lowest BCUT2D eigenvalue weighted by molar-refractivity contribution is 0.143. The molecule has 0 saturated carbocycles. The fourth-order valence-corrected chi connectivity index (χ4v) is 4.33. The van der Waals surface area contributed by atoms with Crippen molar-refractivity contribution in [2.45, 2.75) is 13.5 Å². The van der Waals surface area contributed by atoms with Gasteiger partial charge in [-0.1, -0.05) is 35.9 Å². The minimum Gasteiger partial charge on any atom is -0.322 e. The van der Waals surface area contributed by atoms with E-state index in [-0.39, 0.29) is 6.03 Å². The third-order valence-corrected chi connectivity index (χ3v) is 6.06. The molecule has 1 saturated heterocycles. The number of nitrogens with zero attached hydrogens (tertiary/aromatic N) is 3. The molecule has 0 spiro atoms. The minimum absolute atomic E-state index is 0.0328. The fraction of sp³-hybridized carbons (Fsp3) is 0.273. The number of nitrogens with one attached hydrogen (secondary N) is 1. The summed E-state index contributed by atoms with van der Waals surface area (Å²) in [7, 11) is 0. The molecule has 0 radical (unpaired) electrons. The predicted octanol–water partition coefficient (Wildman–Crippen LogP) is 5.12. The van der Waals surface area contributed by atoms with E-state index in [1.54, 1.807) is 11.3 Å². The molecule has 1 aromatic heterocycles. The van der Waals surface area contributed by atoms with E-state index in [2.05, 4.69) is 15.6 Å². The van der Waals surface area contributed by atoms with Gasteiger partial charge in [-0.05, 0) is 36.8 Å². The second-order valence-electron chi connectivity index (χ2n) is 7.20. The van der Waals surface area contributed by atoms with Crippen LogP contribution in [0.15, 0.2) is 53.9 Å². The summed E-state index contributed by atoms with van der Waals surface area (Å²) < 4.78 is 0. The lowest BCUT2D eigenvalue weighted by Crippen LogP contribution is -2.49. The first-order chi connectivity index (χ1) is 14.1. The molecule has 2 amide bonds. The summed E-state index contributed by atoms with van der Waals surface area (Å²) in [6.45, 7) is 5.95. The highest BCUT2D eigenvalue weighted by Gasteiger charge is 2.22. The predicted molar refractivity (Wildman–Crippen MR) is 120 cm³/mol. The molecule has 29 heavy (non-hydrogen) atoms. The van der Waals surface area contributed by atoms with Gasteiger partial charge >= 0.3 is 6.03 Å². The van der Waals surface area contributed by atoms with Gasteiger partial charge in [0.25, 0.3) is 0 Å². The highest BCUT2D eigenvalue weighted by molar-refractivity contribution is 7.09. The van der Waals surface area contributed by atoms with Crippen molar-refractivity contribution in [3.8, 4) is 11.3 Å². The smallest absolute Gasteiger partial charge is 0.321 e. The molecule has 1 N–H and O–H groups in total. The zero-order valence-corrected chi connectivity index (χ0v) is 17.8. The first-order valence-corrected chi connectivity index (χ1v) is 10.9. The Bertz CT molecular complexity index is 980. The van der Waals surface area contributed by atoms with Crippen LogP contribution in [-0.4, -0.2) is 47.0 Å². The van der Waals surface area contributed by atoms with Crippen molar-refractivity contribution < 1.29 is 4.79 Å². The first kappa shape index (κ1) is 19.9. The fourth-order valence-electron chi connectivity index (χ4n) is 3.36. The van der Waals surface area contributed by atoms with Crippen LogP contribution in [0.2, 0.25) is 5.02 Å². The van der Waals surface area contributed by atoms with Crippen LogP contribution in [0.4, 0.5) is 10.5 Å². The molecule has 7 heteroatoms. The van der Waals surface area contributed by atoms with Crippen LogP contribution in [0.3, 0.4) is 0 Å². The van der Waals surface area contributed by atoms with Crippen LogP contribution >= 0.6 is 22.9 Å². The molecule has 1 aliphatic heterocycles. The molecule has 0 atom stereocenters. The van der Waals surface area contributed by atoms with Gasteiger partial charge in [-0.15, -0.1) is 11.3 Å². The van der Waals surface area contributed by atoms with E-state index in [9.17, 15) is 4.79 Å². The van der Waals surface area contributed by atoms with E-state index in [0.717, 1.165) is 52.2 Å². The number of anilines is 1. The van der Waals surface area contributed by atoms with Crippen molar-refractivity contribution in [2.24, 2.45) is 0 Å². The van der Waals surface area contributed by atoms with Crippen molar-refractivity contribution in [1.82, 2.24) is 14.8 Å². The molecular weight excluding hydrogens is 404 g/mol. The third-order valence-electron chi connectivity index (χ3n) is 4.98. The lowest BCUT2D eigenvalue weighted by Gasteiger charge is -2.34. The number of thiazole rings is 1. The molecule has 150 valence electrons. The van der Waals surface area contributed by atoms with E-state index in [0.29, 0.717) is 13.1 Å².